The smallest absolute Gasteiger partial charge is 0.349 e. The zero-order chi connectivity index (χ0) is 36.2. The summed E-state index contributed by atoms with van der Waals surface area (Å²) in [4.78, 5) is 87.6. The number of hydrogen-bond donors (Lipinski definition) is 2. The molecule has 3 rings (SSSR count). The Morgan fingerprint density at radius 3 is 1.59 bits per heavy atom. The number of methoxy groups -OCH3 is 2. The molecule has 0 aliphatic heterocycles. The molecule has 16 heteroatoms. The van der Waals surface area contributed by atoms with Crippen LogP contribution < -0.4 is 24.3 Å². The molecule has 0 radical (unpaired) electrons. The van der Waals surface area contributed by atoms with Gasteiger partial charge < -0.3 is 43.6 Å². The van der Waals surface area contributed by atoms with Gasteiger partial charge in [0, 0.05) is 19.5 Å². The van der Waals surface area contributed by atoms with Crippen molar-refractivity contribution in [1.82, 2.24) is 0 Å². The molecule has 1 amide bonds. The molecule has 0 saturated carbocycles. The minimum Gasteiger partial charge on any atom is -0.493 e. The summed E-state index contributed by atoms with van der Waals surface area (Å²) in [5.41, 5.74) is -0.528. The van der Waals surface area contributed by atoms with Gasteiger partial charge in [0.1, 0.15) is 0 Å². The molecule has 2 atom stereocenters. The summed E-state index contributed by atoms with van der Waals surface area (Å²) in [6.07, 6.45) is -4.77. The molecule has 3 aromatic rings. The monoisotopic (exact) mass is 681 g/mol. The van der Waals surface area contributed by atoms with Crippen LogP contribution in [0.25, 0.3) is 0 Å². The molecule has 49 heavy (non-hydrogen) atoms. The minimum atomic E-state index is -2.44. The Morgan fingerprint density at radius 1 is 0.653 bits per heavy atom. The molecule has 0 aliphatic rings. The zero-order valence-corrected chi connectivity index (χ0v) is 26.8. The van der Waals surface area contributed by atoms with Crippen molar-refractivity contribution in [2.24, 2.45) is 0 Å². The average Bonchev–Trinajstić information content (AvgIpc) is 3.05. The number of rotatable bonds is 14. The quantitative estimate of drug-likeness (QED) is 0.142. The van der Waals surface area contributed by atoms with Crippen LogP contribution in [0.3, 0.4) is 0 Å². The molecule has 0 unspecified atom stereocenters. The number of benzene rings is 3. The first-order valence-corrected chi connectivity index (χ1v) is 14.2. The largest absolute Gasteiger partial charge is 0.493 e. The number of hydrogen-bond acceptors (Lipinski definition) is 14. The van der Waals surface area contributed by atoms with Crippen LogP contribution in [0.2, 0.25) is 0 Å². The van der Waals surface area contributed by atoms with Crippen molar-refractivity contribution >= 4 is 47.4 Å². The SMILES string of the molecule is CCOC(=O)c1cccc(NC(=O)[C@@H](OC(=O)c2ccc(OC(C)=O)c(OC)c2)[C@@H](OC(=O)c2ccc(OC(C)=O)c(OC)c2)C(=O)O)c1. The second-order valence-corrected chi connectivity index (χ2v) is 9.70. The highest BCUT2D eigenvalue weighted by Gasteiger charge is 2.41. The lowest BCUT2D eigenvalue weighted by molar-refractivity contribution is -0.157. The molecule has 0 aromatic heterocycles. The van der Waals surface area contributed by atoms with E-state index in [4.69, 9.17) is 33.2 Å². The zero-order valence-electron chi connectivity index (χ0n) is 26.8. The summed E-state index contributed by atoms with van der Waals surface area (Å²) in [5, 5.41) is 12.5. The van der Waals surface area contributed by atoms with Crippen LogP contribution in [0.1, 0.15) is 51.8 Å². The summed E-state index contributed by atoms with van der Waals surface area (Å²) in [6, 6.07) is 12.3. The van der Waals surface area contributed by atoms with E-state index in [0.29, 0.717) is 0 Å². The first-order valence-electron chi connectivity index (χ1n) is 14.2. The van der Waals surface area contributed by atoms with E-state index < -0.39 is 53.9 Å². The highest BCUT2D eigenvalue weighted by Crippen LogP contribution is 2.30. The number of anilines is 1. The lowest BCUT2D eigenvalue weighted by Gasteiger charge is -2.24. The molecule has 2 N–H and O–H groups in total. The van der Waals surface area contributed by atoms with E-state index >= 15 is 0 Å². The number of carbonyl (C=O) groups excluding carboxylic acids is 6. The maximum absolute atomic E-state index is 13.6. The van der Waals surface area contributed by atoms with Gasteiger partial charge in [-0.05, 0) is 61.5 Å². The van der Waals surface area contributed by atoms with Gasteiger partial charge in [-0.2, -0.15) is 0 Å². The molecule has 0 heterocycles. The molecule has 3 aromatic carbocycles. The third-order valence-electron chi connectivity index (χ3n) is 6.19. The van der Waals surface area contributed by atoms with E-state index in [2.05, 4.69) is 5.32 Å². The number of carbonyl (C=O) groups is 7. The average molecular weight is 682 g/mol. The van der Waals surface area contributed by atoms with Gasteiger partial charge in [-0.3, -0.25) is 14.4 Å². The molecule has 0 aliphatic carbocycles. The van der Waals surface area contributed by atoms with E-state index in [1.54, 1.807) is 6.92 Å². The molecule has 0 spiro atoms. The Balaban J connectivity index is 2.00. The Bertz CT molecular complexity index is 1770. The lowest BCUT2D eigenvalue weighted by Crippen LogP contribution is -2.48. The molecule has 0 bridgehead atoms. The molecule has 0 fully saturated rings. The van der Waals surface area contributed by atoms with E-state index in [1.807, 2.05) is 0 Å². The Kier molecular flexibility index (Phi) is 12.8. The number of esters is 5. The standard InChI is InChI=1S/C33H31NO15/c1-6-45-31(40)19-8-7-9-22(14-19)34-29(37)27(48-32(41)20-10-12-23(46-17(2)35)25(15-20)43-4)28(30(38)39)49-33(42)21-11-13-24(47-18(3)36)26(16-21)44-5/h7-16,27-28H,6H2,1-5H3,(H,34,37)(H,38,39)/t27-,28+/m0/s1. The van der Waals surface area contributed by atoms with Crippen LogP contribution in [0.5, 0.6) is 23.0 Å². The van der Waals surface area contributed by atoms with Gasteiger partial charge in [-0.25, -0.2) is 19.2 Å². The lowest BCUT2D eigenvalue weighted by atomic mass is 10.1. The number of carboxylic acid groups (broad SMARTS) is 1. The molecule has 0 saturated heterocycles. The van der Waals surface area contributed by atoms with Crippen molar-refractivity contribution < 1.29 is 71.8 Å². The van der Waals surface area contributed by atoms with Crippen molar-refractivity contribution in [1.29, 1.82) is 0 Å². The summed E-state index contributed by atoms with van der Waals surface area (Å²) in [6.45, 7) is 3.96. The van der Waals surface area contributed by atoms with Crippen molar-refractivity contribution in [2.45, 2.75) is 33.0 Å². The van der Waals surface area contributed by atoms with Gasteiger partial charge >= 0.3 is 35.8 Å². The second-order valence-electron chi connectivity index (χ2n) is 9.70. The van der Waals surface area contributed by atoms with Crippen LogP contribution in [-0.2, 0) is 33.4 Å². The predicted octanol–water partition coefficient (Wildman–Crippen LogP) is 3.21. The normalized spacial score (nSPS) is 11.5. The van der Waals surface area contributed by atoms with E-state index in [-0.39, 0.29) is 52.0 Å². The van der Waals surface area contributed by atoms with Crippen molar-refractivity contribution in [3.63, 3.8) is 0 Å². The van der Waals surface area contributed by atoms with E-state index in [9.17, 15) is 38.7 Å². The Morgan fingerprint density at radius 2 is 1.14 bits per heavy atom. The van der Waals surface area contributed by atoms with Gasteiger partial charge in [0.05, 0.1) is 37.5 Å². The van der Waals surface area contributed by atoms with Crippen LogP contribution >= 0.6 is 0 Å². The third-order valence-corrected chi connectivity index (χ3v) is 6.19. The molecular formula is C33H31NO15. The number of carboxylic acids is 1. The fraction of sp³-hybridized carbons (Fsp3) is 0.242. The Labute approximate surface area is 278 Å². The van der Waals surface area contributed by atoms with Crippen LogP contribution in [0, 0.1) is 0 Å². The van der Waals surface area contributed by atoms with Gasteiger partial charge in [0.25, 0.3) is 5.91 Å². The number of nitrogens with one attached hydrogen (secondary N) is 1. The third kappa shape index (κ3) is 10.0. The van der Waals surface area contributed by atoms with Gasteiger partial charge in [0.2, 0.25) is 12.2 Å². The highest BCUT2D eigenvalue weighted by molar-refractivity contribution is 6.02. The maximum Gasteiger partial charge on any atom is 0.349 e. The van der Waals surface area contributed by atoms with E-state index in [1.165, 1.54) is 50.6 Å². The summed E-state index contributed by atoms with van der Waals surface area (Å²) in [5.74, 6) is -8.01. The summed E-state index contributed by atoms with van der Waals surface area (Å²) in [7, 11) is 2.45. The van der Waals surface area contributed by atoms with Crippen molar-refractivity contribution in [3.8, 4) is 23.0 Å². The van der Waals surface area contributed by atoms with Crippen LogP contribution in [0.15, 0.2) is 60.7 Å². The molecular weight excluding hydrogens is 650 g/mol. The fourth-order valence-electron chi connectivity index (χ4n) is 4.08. The maximum atomic E-state index is 13.6. The first-order chi connectivity index (χ1) is 23.3. The molecule has 16 nitrogen and oxygen atoms in total. The highest BCUT2D eigenvalue weighted by atomic mass is 16.6. The van der Waals surface area contributed by atoms with Crippen molar-refractivity contribution in [3.05, 3.63) is 77.4 Å². The second kappa shape index (κ2) is 16.9. The predicted molar refractivity (Wildman–Crippen MR) is 166 cm³/mol. The topological polar surface area (TPSA) is 216 Å². The summed E-state index contributed by atoms with van der Waals surface area (Å²) >= 11 is 0. The number of ether oxygens (including phenoxy) is 7. The van der Waals surface area contributed by atoms with Gasteiger partial charge in [0.15, 0.2) is 23.0 Å². The minimum absolute atomic E-state index is 0.0229. The van der Waals surface area contributed by atoms with E-state index in [0.717, 1.165) is 38.1 Å². The van der Waals surface area contributed by atoms with Gasteiger partial charge in [-0.1, -0.05) is 6.07 Å². The summed E-state index contributed by atoms with van der Waals surface area (Å²) < 4.78 is 35.8. The van der Waals surface area contributed by atoms with Crippen LogP contribution in [-0.4, -0.2) is 79.9 Å². The van der Waals surface area contributed by atoms with Gasteiger partial charge in [-0.15, -0.1) is 0 Å². The number of aliphatic carboxylic acids is 1. The Hall–Kier alpha value is -6.45. The molecule has 258 valence electrons. The van der Waals surface area contributed by atoms with Crippen LogP contribution in [0.4, 0.5) is 5.69 Å². The van der Waals surface area contributed by atoms with Crippen molar-refractivity contribution in [2.75, 3.05) is 26.1 Å². The first kappa shape index (κ1) is 37.0. The fourth-order valence-corrected chi connectivity index (χ4v) is 4.08. The number of amides is 1.